The molecule has 0 spiro atoms. The molecule has 2 aromatic heterocycles. The number of aromatic amines is 1. The van der Waals surface area contributed by atoms with Gasteiger partial charge in [0, 0.05) is 40.5 Å². The normalized spacial score (nSPS) is 16.8. The minimum Gasteiger partial charge on any atom is -0.384 e. The second-order valence-corrected chi connectivity index (χ2v) is 7.86. The molecule has 26 heavy (non-hydrogen) atoms. The summed E-state index contributed by atoms with van der Waals surface area (Å²) in [5.74, 6) is 5.66. The number of aromatic nitrogens is 2. The maximum Gasteiger partial charge on any atom is 0.104 e. The van der Waals surface area contributed by atoms with E-state index < -0.39 is 0 Å². The molecule has 0 unspecified atom stereocenters. The fourth-order valence-corrected chi connectivity index (χ4v) is 4.44. The van der Waals surface area contributed by atoms with E-state index in [1.54, 1.807) is 6.33 Å². The average Bonchev–Trinajstić information content (AvgIpc) is 3.29. The lowest BCUT2D eigenvalue weighted by molar-refractivity contribution is 0.202. The highest BCUT2D eigenvalue weighted by molar-refractivity contribution is 7.11. The summed E-state index contributed by atoms with van der Waals surface area (Å²) in [4.78, 5) is 13.2. The number of benzene rings is 1. The molecule has 4 rings (SSSR count). The molecule has 3 aromatic rings. The van der Waals surface area contributed by atoms with Crippen LogP contribution >= 0.6 is 11.3 Å². The van der Waals surface area contributed by atoms with E-state index in [9.17, 15) is 0 Å². The number of hydrogen-bond donors (Lipinski definition) is 2. The minimum absolute atomic E-state index is 0.116. The van der Waals surface area contributed by atoms with Gasteiger partial charge in [-0.05, 0) is 36.8 Å². The van der Waals surface area contributed by atoms with Crippen molar-refractivity contribution in [2.45, 2.75) is 25.9 Å². The predicted molar refractivity (Wildman–Crippen MR) is 104 cm³/mol. The molecule has 1 atom stereocenters. The van der Waals surface area contributed by atoms with Crippen LogP contribution in [-0.4, -0.2) is 33.1 Å². The molecular weight excluding hydrogens is 342 g/mol. The molecule has 0 radical (unpaired) electrons. The highest BCUT2D eigenvalue weighted by Gasteiger charge is 2.31. The number of nitrogens with one attached hydrogen (secondary N) is 1. The second-order valence-electron chi connectivity index (χ2n) is 6.48. The Bertz CT molecular complexity index is 946. The number of nitrogens with zero attached hydrogens (tertiary/aromatic N) is 2. The molecule has 0 aliphatic carbocycles. The highest BCUT2D eigenvalue weighted by atomic mass is 32.1. The number of hydrogen-bond acceptors (Lipinski definition) is 4. The summed E-state index contributed by atoms with van der Waals surface area (Å²) in [5.41, 5.74) is 4.50. The molecule has 3 heterocycles. The summed E-state index contributed by atoms with van der Waals surface area (Å²) < 4.78 is 0. The van der Waals surface area contributed by atoms with Crippen molar-refractivity contribution in [3.8, 4) is 11.8 Å². The zero-order chi connectivity index (χ0) is 17.9. The molecule has 0 saturated carbocycles. The number of aryl methyl sites for hydroxylation is 1. The largest absolute Gasteiger partial charge is 0.384 e. The number of aliphatic hydroxyl groups excluding tert-OH is 1. The van der Waals surface area contributed by atoms with Gasteiger partial charge in [0.15, 0.2) is 0 Å². The van der Waals surface area contributed by atoms with Crippen LogP contribution in [0.4, 0.5) is 0 Å². The number of H-pyrrole nitrogens is 1. The standard InChI is InChI=1S/C21H21N3OS/c1-15-4-9-18(26-15)13-24-11-10-19-20(23-14-22-19)21(24)17-7-5-16(6-8-17)3-2-12-25/h4-9,14,21,25H,10-13H2,1H3,(H,22,23)/t21-/m1/s1. The van der Waals surface area contributed by atoms with Gasteiger partial charge in [0.2, 0.25) is 0 Å². The number of aliphatic hydroxyl groups is 1. The number of imidazole rings is 1. The number of fused-ring (bicyclic) bond motifs is 1. The Kier molecular flexibility index (Phi) is 4.89. The summed E-state index contributed by atoms with van der Waals surface area (Å²) in [6, 6.07) is 12.9. The van der Waals surface area contributed by atoms with Crippen molar-refractivity contribution in [2.24, 2.45) is 0 Å². The third-order valence-corrected chi connectivity index (χ3v) is 5.70. The summed E-state index contributed by atoms with van der Waals surface area (Å²) in [6.45, 7) is 3.97. The van der Waals surface area contributed by atoms with Gasteiger partial charge in [-0.15, -0.1) is 11.3 Å². The van der Waals surface area contributed by atoms with Crippen LogP contribution in [0.2, 0.25) is 0 Å². The molecule has 0 bridgehead atoms. The molecule has 4 nitrogen and oxygen atoms in total. The van der Waals surface area contributed by atoms with Crippen LogP contribution in [0.25, 0.3) is 0 Å². The topological polar surface area (TPSA) is 52.2 Å². The zero-order valence-corrected chi connectivity index (χ0v) is 15.5. The molecule has 0 saturated heterocycles. The van der Waals surface area contributed by atoms with Crippen molar-refractivity contribution < 1.29 is 5.11 Å². The Hall–Kier alpha value is -2.39. The lowest BCUT2D eigenvalue weighted by atomic mass is 9.95. The van der Waals surface area contributed by atoms with Crippen molar-refractivity contribution in [2.75, 3.05) is 13.2 Å². The van der Waals surface area contributed by atoms with E-state index in [1.807, 2.05) is 23.5 Å². The van der Waals surface area contributed by atoms with Crippen LogP contribution in [0.3, 0.4) is 0 Å². The first-order chi connectivity index (χ1) is 12.7. The van der Waals surface area contributed by atoms with Crippen molar-refractivity contribution in [1.82, 2.24) is 14.9 Å². The highest BCUT2D eigenvalue weighted by Crippen LogP contribution is 2.35. The fourth-order valence-electron chi connectivity index (χ4n) is 3.52. The van der Waals surface area contributed by atoms with Crippen LogP contribution in [-0.2, 0) is 13.0 Å². The van der Waals surface area contributed by atoms with Gasteiger partial charge < -0.3 is 10.1 Å². The summed E-state index contributed by atoms with van der Waals surface area (Å²) in [7, 11) is 0. The smallest absolute Gasteiger partial charge is 0.104 e. The van der Waals surface area contributed by atoms with Crippen molar-refractivity contribution in [1.29, 1.82) is 0 Å². The molecule has 0 fully saturated rings. The fraction of sp³-hybridized carbons (Fsp3) is 0.286. The van der Waals surface area contributed by atoms with Gasteiger partial charge in [-0.25, -0.2) is 4.98 Å². The van der Waals surface area contributed by atoms with Gasteiger partial charge in [0.1, 0.15) is 6.61 Å². The van der Waals surface area contributed by atoms with E-state index in [0.717, 1.165) is 30.8 Å². The molecule has 5 heteroatoms. The van der Waals surface area contributed by atoms with E-state index in [1.165, 1.54) is 21.0 Å². The minimum atomic E-state index is -0.116. The third kappa shape index (κ3) is 3.45. The average molecular weight is 363 g/mol. The van der Waals surface area contributed by atoms with Crippen molar-refractivity contribution in [3.63, 3.8) is 0 Å². The lowest BCUT2D eigenvalue weighted by Gasteiger charge is -2.35. The molecule has 132 valence electrons. The first-order valence-electron chi connectivity index (χ1n) is 8.76. The van der Waals surface area contributed by atoms with Gasteiger partial charge in [-0.2, -0.15) is 0 Å². The Morgan fingerprint density at radius 1 is 1.27 bits per heavy atom. The Morgan fingerprint density at radius 3 is 2.85 bits per heavy atom. The number of thiophene rings is 1. The van der Waals surface area contributed by atoms with Crippen LogP contribution in [0, 0.1) is 18.8 Å². The first kappa shape index (κ1) is 17.0. The molecular formula is C21H21N3OS. The number of rotatable bonds is 3. The van der Waals surface area contributed by atoms with Crippen LogP contribution in [0.15, 0.2) is 42.7 Å². The van der Waals surface area contributed by atoms with Gasteiger partial charge in [0.05, 0.1) is 18.1 Å². The third-order valence-electron chi connectivity index (χ3n) is 4.72. The van der Waals surface area contributed by atoms with Gasteiger partial charge in [0.25, 0.3) is 0 Å². The first-order valence-corrected chi connectivity index (χ1v) is 9.57. The quantitative estimate of drug-likeness (QED) is 0.702. The van der Waals surface area contributed by atoms with Gasteiger partial charge in [-0.3, -0.25) is 4.90 Å². The van der Waals surface area contributed by atoms with E-state index in [-0.39, 0.29) is 12.6 Å². The SMILES string of the molecule is Cc1ccc(CN2CCc3[nH]cnc3[C@H]2c2ccc(C#CCO)cc2)s1. The summed E-state index contributed by atoms with van der Waals surface area (Å²) >= 11 is 1.86. The Labute approximate surface area is 157 Å². The monoisotopic (exact) mass is 363 g/mol. The Morgan fingerprint density at radius 2 is 2.12 bits per heavy atom. The predicted octanol–water partition coefficient (Wildman–Crippen LogP) is 3.27. The van der Waals surface area contributed by atoms with Crippen molar-refractivity contribution >= 4 is 11.3 Å². The maximum absolute atomic E-state index is 8.86. The van der Waals surface area contributed by atoms with E-state index in [4.69, 9.17) is 5.11 Å². The van der Waals surface area contributed by atoms with Crippen LogP contribution in [0.5, 0.6) is 0 Å². The van der Waals surface area contributed by atoms with Gasteiger partial charge >= 0.3 is 0 Å². The van der Waals surface area contributed by atoms with E-state index in [2.05, 4.69) is 57.9 Å². The summed E-state index contributed by atoms with van der Waals surface area (Å²) in [6.07, 6.45) is 2.80. The van der Waals surface area contributed by atoms with E-state index in [0.29, 0.717) is 0 Å². The summed E-state index contributed by atoms with van der Waals surface area (Å²) in [5, 5.41) is 8.86. The van der Waals surface area contributed by atoms with Gasteiger partial charge in [-0.1, -0.05) is 24.0 Å². The van der Waals surface area contributed by atoms with Crippen LogP contribution in [0.1, 0.15) is 38.3 Å². The molecule has 0 amide bonds. The second kappa shape index (κ2) is 7.46. The zero-order valence-electron chi connectivity index (χ0n) is 14.7. The Balaban J connectivity index is 1.66. The maximum atomic E-state index is 8.86. The lowest BCUT2D eigenvalue weighted by Crippen LogP contribution is -2.35. The molecule has 1 aliphatic rings. The molecule has 1 aromatic carbocycles. The van der Waals surface area contributed by atoms with Crippen molar-refractivity contribution in [3.05, 3.63) is 75.0 Å². The molecule has 1 aliphatic heterocycles. The van der Waals surface area contributed by atoms with Crippen LogP contribution < -0.4 is 0 Å². The van der Waals surface area contributed by atoms with E-state index >= 15 is 0 Å². The molecule has 2 N–H and O–H groups in total.